The minimum Gasteiger partial charge on any atom is -0.504 e. The molecule has 3 aromatic rings. The first kappa shape index (κ1) is 38.9. The van der Waals surface area contributed by atoms with Crippen LogP contribution < -0.4 is 22.3 Å². The Hall–Kier alpha value is -4.86. The minimum absolute atomic E-state index is 0.0122. The number of aromatic amines is 1. The van der Waals surface area contributed by atoms with E-state index in [9.17, 15) is 49.2 Å². The summed E-state index contributed by atoms with van der Waals surface area (Å²) in [6, 6.07) is -1.37. The zero-order chi connectivity index (χ0) is 39.4. The fraction of sp³-hybridized carbons (Fsp3) is 0.500. The van der Waals surface area contributed by atoms with Crippen LogP contribution in [0.2, 0.25) is 5.02 Å². The molecule has 290 valence electrons. The molecule has 3 saturated heterocycles. The summed E-state index contributed by atoms with van der Waals surface area (Å²) in [6.07, 6.45) is 1.64. The Labute approximate surface area is 318 Å². The van der Waals surface area contributed by atoms with Crippen LogP contribution in [-0.2, 0) is 30.6 Å². The van der Waals surface area contributed by atoms with Gasteiger partial charge >= 0.3 is 17.6 Å². The molecular weight excluding hydrogens is 772 g/mol. The third-order valence-electron chi connectivity index (χ3n) is 10.2. The van der Waals surface area contributed by atoms with Gasteiger partial charge in [0.2, 0.25) is 11.5 Å². The van der Waals surface area contributed by atoms with Gasteiger partial charge in [-0.05, 0) is 19.9 Å². The number of quaternary nitrogens is 1. The molecule has 0 bridgehead atoms. The van der Waals surface area contributed by atoms with E-state index in [0.29, 0.717) is 24.1 Å². The van der Waals surface area contributed by atoms with E-state index in [0.717, 1.165) is 34.8 Å². The van der Waals surface area contributed by atoms with Crippen molar-refractivity contribution in [2.24, 2.45) is 11.1 Å². The number of phenols is 2. The molecule has 54 heavy (non-hydrogen) atoms. The van der Waals surface area contributed by atoms with E-state index >= 15 is 0 Å². The van der Waals surface area contributed by atoms with Crippen molar-refractivity contribution in [3.63, 3.8) is 0 Å². The molecule has 3 fully saturated rings. The molecule has 1 aromatic carbocycles. The number of nitrogens with two attached hydrogens (primary N) is 1. The van der Waals surface area contributed by atoms with Crippen molar-refractivity contribution in [3.05, 3.63) is 43.0 Å². The second-order valence-corrected chi connectivity index (χ2v) is 16.8. The van der Waals surface area contributed by atoms with Crippen LogP contribution in [0.15, 0.2) is 26.2 Å². The highest BCUT2D eigenvalue weighted by atomic mass is 35.5. The number of anilines is 1. The number of carbonyl (C=O) groups excluding carboxylic acids is 2. The smallest absolute Gasteiger partial charge is 0.350 e. The summed E-state index contributed by atoms with van der Waals surface area (Å²) in [7, 11) is 0. The Bertz CT molecular complexity index is 2200. The van der Waals surface area contributed by atoms with Gasteiger partial charge in [-0.3, -0.25) is 19.0 Å². The summed E-state index contributed by atoms with van der Waals surface area (Å²) < 4.78 is 1.36. The number of phenolic OH excluding ortho intramolecular Hbond substituents is 2. The van der Waals surface area contributed by atoms with Gasteiger partial charge in [0.1, 0.15) is 28.2 Å². The Kier molecular flexibility index (Phi) is 10.4. The fourth-order valence-corrected chi connectivity index (χ4v) is 9.58. The number of hydrogen-bond donors (Lipinski definition) is 7. The van der Waals surface area contributed by atoms with Crippen LogP contribution in [0, 0.1) is 5.92 Å². The Morgan fingerprint density at radius 1 is 1.20 bits per heavy atom. The molecule has 0 spiro atoms. The highest BCUT2D eigenvalue weighted by molar-refractivity contribution is 8.00. The third kappa shape index (κ3) is 6.95. The van der Waals surface area contributed by atoms with Gasteiger partial charge in [-0.25, -0.2) is 19.4 Å². The first-order valence-electron chi connectivity index (χ1n) is 16.8. The van der Waals surface area contributed by atoms with Crippen LogP contribution in [0.1, 0.15) is 39.3 Å². The molecular formula is C32H38ClN8O11S2+. The largest absolute Gasteiger partial charge is 0.504 e. The number of benzene rings is 1. The quantitative estimate of drug-likeness (QED) is 0.0433. The molecule has 2 aromatic heterocycles. The number of H-pyrrole nitrogens is 1. The molecule has 5 atom stereocenters. The van der Waals surface area contributed by atoms with Crippen molar-refractivity contribution >= 4 is 80.2 Å². The van der Waals surface area contributed by atoms with Crippen LogP contribution in [0.5, 0.6) is 11.5 Å². The molecule has 3 aliphatic heterocycles. The van der Waals surface area contributed by atoms with Crippen molar-refractivity contribution in [1.82, 2.24) is 24.8 Å². The second kappa shape index (κ2) is 14.4. The molecule has 5 heterocycles. The number of nitrogens with one attached hydrogen (secondary N) is 2. The normalized spacial score (nSPS) is 23.9. The number of oxime groups is 1. The van der Waals surface area contributed by atoms with E-state index < -0.39 is 81.2 Å². The molecule has 22 heteroatoms. The van der Waals surface area contributed by atoms with Gasteiger partial charge in [0.15, 0.2) is 22.3 Å². The number of likely N-dealkylation sites (tertiary alicyclic amines) is 1. The van der Waals surface area contributed by atoms with Crippen molar-refractivity contribution in [2.75, 3.05) is 31.9 Å². The summed E-state index contributed by atoms with van der Waals surface area (Å²) in [4.78, 5) is 91.1. The van der Waals surface area contributed by atoms with Gasteiger partial charge in [-0.2, -0.15) is 0 Å². The van der Waals surface area contributed by atoms with Crippen LogP contribution in [-0.4, -0.2) is 128 Å². The van der Waals surface area contributed by atoms with Crippen molar-refractivity contribution < 1.29 is 48.9 Å². The van der Waals surface area contributed by atoms with Gasteiger partial charge < -0.3 is 50.7 Å². The zero-order valence-corrected chi connectivity index (χ0v) is 31.5. The number of carboxylic acids is 2. The Morgan fingerprint density at radius 3 is 2.50 bits per heavy atom. The lowest BCUT2D eigenvalue weighted by atomic mass is 9.88. The van der Waals surface area contributed by atoms with Crippen molar-refractivity contribution in [3.8, 4) is 11.5 Å². The van der Waals surface area contributed by atoms with Crippen LogP contribution in [0.25, 0.3) is 10.9 Å². The van der Waals surface area contributed by atoms with Gasteiger partial charge in [-0.1, -0.05) is 23.7 Å². The Morgan fingerprint density at radius 2 is 1.89 bits per heavy atom. The highest BCUT2D eigenvalue weighted by Crippen LogP contribution is 2.46. The number of nitrogens with zero attached hydrogens (tertiary/aromatic N) is 5. The maximum atomic E-state index is 13.7. The minimum atomic E-state index is -1.81. The number of carbonyl (C=O) groups is 4. The number of amides is 2. The van der Waals surface area contributed by atoms with E-state index in [1.54, 1.807) is 0 Å². The van der Waals surface area contributed by atoms with Crippen LogP contribution >= 0.6 is 34.7 Å². The summed E-state index contributed by atoms with van der Waals surface area (Å²) >= 11 is 8.40. The topological polar surface area (TPSA) is 280 Å². The predicted octanol–water partition coefficient (Wildman–Crippen LogP) is 0.546. The van der Waals surface area contributed by atoms with E-state index in [-0.39, 0.29) is 45.1 Å². The molecule has 0 aliphatic carbocycles. The maximum Gasteiger partial charge on any atom is 0.350 e. The summed E-state index contributed by atoms with van der Waals surface area (Å²) in [5.74, 6) is -5.97. The number of thiazole rings is 1. The number of β-lactam (4-membered cyclic amide) rings is 1. The number of thioether (sulfide) groups is 1. The number of aliphatic carboxylic acids is 2. The number of carboxylic acid groups (broad SMARTS) is 2. The average molecular weight is 810 g/mol. The van der Waals surface area contributed by atoms with Gasteiger partial charge in [0, 0.05) is 23.5 Å². The van der Waals surface area contributed by atoms with Gasteiger partial charge in [-0.15, -0.1) is 23.1 Å². The first-order chi connectivity index (χ1) is 25.4. The van der Waals surface area contributed by atoms with Crippen molar-refractivity contribution in [1.29, 1.82) is 0 Å². The van der Waals surface area contributed by atoms with Crippen molar-refractivity contribution in [2.45, 2.75) is 68.5 Å². The predicted molar refractivity (Wildman–Crippen MR) is 197 cm³/mol. The molecule has 0 radical (unpaired) electrons. The molecule has 3 aliphatic rings. The summed E-state index contributed by atoms with van der Waals surface area (Å²) in [5.41, 5.74) is 1.89. The number of aromatic hydroxyl groups is 2. The standard InChI is InChI=1S/C32H37ClN8O11S2/c1-13-15(11-41(7-4-5-8-41)9-6-39-25(45)14-10-17(42)23(43)18(33)19(14)37-31(39)51)22(28(47)48)40-26(46)21(27(40)54-13)36-24(44)20(16-12-53-30(34)35-16)38-52-32(2,3)29(49)50/h10,12-13,15,21-22,27H,4-9,11H2,1-3H3,(H7-,34,35,36,37,38,42,43,44,45,47,48,49,50,51)/p+1/t13-,15?,21+,22?,27+/m0/s1. The number of fused-ring (bicyclic) bond motifs is 2. The monoisotopic (exact) mass is 809 g/mol. The zero-order valence-electron chi connectivity index (χ0n) is 29.1. The van der Waals surface area contributed by atoms with E-state index in [4.69, 9.17) is 22.2 Å². The maximum absolute atomic E-state index is 13.7. The molecule has 8 N–H and O–H groups in total. The number of aromatic nitrogens is 3. The van der Waals surface area contributed by atoms with Gasteiger partial charge in [0.25, 0.3) is 11.5 Å². The average Bonchev–Trinajstić information content (AvgIpc) is 3.76. The van der Waals surface area contributed by atoms with E-state index in [2.05, 4.69) is 20.4 Å². The number of nitrogen functional groups attached to an aromatic ring is 1. The number of halogens is 1. The second-order valence-electron chi connectivity index (χ2n) is 14.1. The van der Waals surface area contributed by atoms with Gasteiger partial charge in [0.05, 0.1) is 49.5 Å². The Balaban J connectivity index is 1.21. The highest BCUT2D eigenvalue weighted by Gasteiger charge is 2.61. The van der Waals surface area contributed by atoms with Crippen LogP contribution in [0.3, 0.4) is 0 Å². The number of hydrogen-bond acceptors (Lipinski definition) is 14. The summed E-state index contributed by atoms with van der Waals surface area (Å²) in [6.45, 7) is 6.15. The fourth-order valence-electron chi connectivity index (χ4n) is 7.20. The molecule has 19 nitrogen and oxygen atoms in total. The van der Waals surface area contributed by atoms with Crippen LogP contribution in [0.4, 0.5) is 5.13 Å². The molecule has 0 saturated carbocycles. The molecule has 2 amide bonds. The lowest BCUT2D eigenvalue weighted by Gasteiger charge is -2.56. The SMILES string of the molecule is C[C@@H]1S[C@@H]2[C@H](NC(=O)/C(=N\OC(C)(C)C(=O)O)c3csc(N)n3)C(=O)N2C(C(=O)O)C1C[N+]1(CCn2c(=O)[nH]c3c(Cl)c(O)c(O)cc3c2=O)CCCC1. The first-order valence-corrected chi connectivity index (χ1v) is 19.0. The lowest BCUT2D eigenvalue weighted by Crippen LogP contribution is -2.77. The number of rotatable bonds is 12. The molecule has 6 rings (SSSR count). The third-order valence-corrected chi connectivity index (χ3v) is 12.8. The van der Waals surface area contributed by atoms with E-state index in [1.807, 2.05) is 6.92 Å². The lowest BCUT2D eigenvalue weighted by molar-refractivity contribution is -0.920. The van der Waals surface area contributed by atoms with E-state index in [1.165, 1.54) is 35.9 Å². The molecule has 2 unspecified atom stereocenters. The summed E-state index contributed by atoms with van der Waals surface area (Å²) in [5, 5.41) is 46.3.